The molecule has 0 spiro atoms. The molecule has 2 heterocycles. The van der Waals surface area contributed by atoms with Crippen LogP contribution < -0.4 is 10.2 Å². The summed E-state index contributed by atoms with van der Waals surface area (Å²) in [4.78, 5) is 2.31. The molecular formula is C24H30FN3O3S. The zero-order valence-electron chi connectivity index (χ0n) is 18.7. The van der Waals surface area contributed by atoms with Gasteiger partial charge in [-0.15, -0.1) is 4.40 Å². The molecule has 1 unspecified atom stereocenters. The van der Waals surface area contributed by atoms with Crippen molar-refractivity contribution in [2.45, 2.75) is 44.0 Å². The highest BCUT2D eigenvalue weighted by Gasteiger charge is 2.47. The fourth-order valence-corrected chi connectivity index (χ4v) is 6.10. The van der Waals surface area contributed by atoms with Crippen molar-refractivity contribution in [1.29, 1.82) is 0 Å². The minimum Gasteiger partial charge on any atom is -0.472 e. The predicted octanol–water partition coefficient (Wildman–Crippen LogP) is 3.49. The first-order valence-electron chi connectivity index (χ1n) is 11.0. The molecule has 2 atom stereocenters. The van der Waals surface area contributed by atoms with Gasteiger partial charge in [-0.3, -0.25) is 0 Å². The van der Waals surface area contributed by atoms with E-state index in [0.717, 1.165) is 37.4 Å². The summed E-state index contributed by atoms with van der Waals surface area (Å²) in [6.07, 6.45) is 0.294. The number of sulfonamides is 1. The zero-order chi connectivity index (χ0) is 22.9. The Bertz CT molecular complexity index is 1090. The number of hydrogen-bond donors (Lipinski definition) is 1. The van der Waals surface area contributed by atoms with Gasteiger partial charge in [-0.1, -0.05) is 30.3 Å². The first-order chi connectivity index (χ1) is 15.2. The number of piperazine rings is 1. The van der Waals surface area contributed by atoms with E-state index < -0.39 is 32.6 Å². The summed E-state index contributed by atoms with van der Waals surface area (Å²) < 4.78 is 50.6. The van der Waals surface area contributed by atoms with Crippen LogP contribution in [-0.2, 0) is 21.2 Å². The highest BCUT2D eigenvalue weighted by atomic mass is 32.2. The van der Waals surface area contributed by atoms with Crippen molar-refractivity contribution in [2.75, 3.05) is 31.1 Å². The second-order valence-electron chi connectivity index (χ2n) is 8.99. The summed E-state index contributed by atoms with van der Waals surface area (Å²) in [5.41, 5.74) is 1.40. The Morgan fingerprint density at radius 2 is 1.81 bits per heavy atom. The summed E-state index contributed by atoms with van der Waals surface area (Å²) in [5, 5.41) is 2.50. The van der Waals surface area contributed by atoms with Gasteiger partial charge in [-0.2, -0.15) is 0 Å². The summed E-state index contributed by atoms with van der Waals surface area (Å²) in [6, 6.07) is 14.3. The second-order valence-corrected chi connectivity index (χ2v) is 10.8. The molecule has 0 amide bonds. The Morgan fingerprint density at radius 1 is 1.16 bits per heavy atom. The van der Waals surface area contributed by atoms with Crippen LogP contribution in [0.15, 0.2) is 52.9 Å². The normalized spacial score (nSPS) is 23.2. The molecule has 1 fully saturated rings. The third-order valence-corrected chi connectivity index (χ3v) is 8.19. The lowest BCUT2D eigenvalue weighted by molar-refractivity contribution is 0.0793. The lowest BCUT2D eigenvalue weighted by Gasteiger charge is -2.38. The lowest BCUT2D eigenvalue weighted by atomic mass is 9.96. The van der Waals surface area contributed by atoms with Crippen molar-refractivity contribution in [2.24, 2.45) is 4.40 Å². The molecule has 6 nitrogen and oxygen atoms in total. The van der Waals surface area contributed by atoms with Crippen LogP contribution >= 0.6 is 0 Å². The highest BCUT2D eigenvalue weighted by Crippen LogP contribution is 2.35. The molecule has 2 aliphatic heterocycles. The molecule has 8 heteroatoms. The fourth-order valence-electron chi connectivity index (χ4n) is 4.36. The SMILES string of the molecule is CC(C1=NS(=O)(=O)[C@@H](Cc2ccc(N3CCNCC3)cc2)C(C)(C)O1)c1ccccc1F. The Morgan fingerprint density at radius 3 is 2.44 bits per heavy atom. The van der Waals surface area contributed by atoms with E-state index in [-0.39, 0.29) is 5.90 Å². The van der Waals surface area contributed by atoms with Crippen molar-refractivity contribution in [3.63, 3.8) is 0 Å². The van der Waals surface area contributed by atoms with Crippen molar-refractivity contribution in [3.8, 4) is 0 Å². The van der Waals surface area contributed by atoms with Crippen LogP contribution in [-0.4, -0.2) is 51.3 Å². The van der Waals surface area contributed by atoms with Crippen LogP contribution in [0.25, 0.3) is 0 Å². The van der Waals surface area contributed by atoms with E-state index in [1.54, 1.807) is 39.0 Å². The monoisotopic (exact) mass is 459 g/mol. The quantitative estimate of drug-likeness (QED) is 0.741. The number of ether oxygens (including phenoxy) is 1. The summed E-state index contributed by atoms with van der Waals surface area (Å²) in [6.45, 7) is 9.04. The zero-order valence-corrected chi connectivity index (χ0v) is 19.5. The molecule has 32 heavy (non-hydrogen) atoms. The predicted molar refractivity (Wildman–Crippen MR) is 125 cm³/mol. The third kappa shape index (κ3) is 4.66. The van der Waals surface area contributed by atoms with E-state index in [2.05, 4.69) is 14.6 Å². The molecule has 1 saturated heterocycles. The molecule has 0 aliphatic carbocycles. The maximum Gasteiger partial charge on any atom is 0.263 e. The van der Waals surface area contributed by atoms with Crippen LogP contribution in [0.5, 0.6) is 0 Å². The number of nitrogens with one attached hydrogen (secondary N) is 1. The van der Waals surface area contributed by atoms with Crippen LogP contribution in [0.2, 0.25) is 0 Å². The van der Waals surface area contributed by atoms with Gasteiger partial charge >= 0.3 is 0 Å². The summed E-state index contributed by atoms with van der Waals surface area (Å²) in [7, 11) is -3.85. The second kappa shape index (κ2) is 8.83. The first-order valence-corrected chi connectivity index (χ1v) is 12.5. The van der Waals surface area contributed by atoms with E-state index in [9.17, 15) is 12.8 Å². The van der Waals surface area contributed by atoms with Gasteiger partial charge in [0, 0.05) is 31.9 Å². The van der Waals surface area contributed by atoms with E-state index in [0.29, 0.717) is 12.0 Å². The number of nitrogens with zero attached hydrogens (tertiary/aromatic N) is 2. The molecule has 2 aromatic rings. The largest absolute Gasteiger partial charge is 0.472 e. The van der Waals surface area contributed by atoms with Gasteiger partial charge in [0.1, 0.15) is 16.7 Å². The van der Waals surface area contributed by atoms with E-state index >= 15 is 0 Å². The van der Waals surface area contributed by atoms with E-state index in [1.165, 1.54) is 6.07 Å². The number of halogens is 1. The Kier molecular flexibility index (Phi) is 6.27. The lowest BCUT2D eigenvalue weighted by Crippen LogP contribution is -2.50. The molecule has 1 N–H and O–H groups in total. The van der Waals surface area contributed by atoms with Gasteiger partial charge in [0.25, 0.3) is 10.0 Å². The van der Waals surface area contributed by atoms with E-state index in [1.807, 2.05) is 24.3 Å². The number of anilines is 1. The average Bonchev–Trinajstić information content (AvgIpc) is 2.76. The van der Waals surface area contributed by atoms with Crippen molar-refractivity contribution < 1.29 is 17.5 Å². The summed E-state index contributed by atoms with van der Waals surface area (Å²) >= 11 is 0. The minimum atomic E-state index is -3.85. The van der Waals surface area contributed by atoms with Gasteiger partial charge in [-0.05, 0) is 56.5 Å². The fraction of sp³-hybridized carbons (Fsp3) is 0.458. The molecule has 0 aromatic heterocycles. The Labute approximate surface area is 189 Å². The van der Waals surface area contributed by atoms with Gasteiger partial charge in [0.15, 0.2) is 0 Å². The molecule has 172 valence electrons. The third-order valence-electron chi connectivity index (χ3n) is 6.30. The maximum absolute atomic E-state index is 14.2. The topological polar surface area (TPSA) is 71.0 Å². The van der Waals surface area contributed by atoms with Crippen LogP contribution in [0.4, 0.5) is 10.1 Å². The maximum atomic E-state index is 14.2. The van der Waals surface area contributed by atoms with Crippen LogP contribution in [0.3, 0.4) is 0 Å². The van der Waals surface area contributed by atoms with Crippen LogP contribution in [0.1, 0.15) is 37.8 Å². The number of hydrogen-bond acceptors (Lipinski definition) is 5. The highest BCUT2D eigenvalue weighted by molar-refractivity contribution is 7.91. The Balaban J connectivity index is 1.55. The summed E-state index contributed by atoms with van der Waals surface area (Å²) in [5.74, 6) is -0.983. The smallest absolute Gasteiger partial charge is 0.263 e. The minimum absolute atomic E-state index is 0.0328. The van der Waals surface area contributed by atoms with Crippen molar-refractivity contribution >= 4 is 21.6 Å². The van der Waals surface area contributed by atoms with Gasteiger partial charge in [0.05, 0.1) is 5.92 Å². The molecule has 0 radical (unpaired) electrons. The van der Waals surface area contributed by atoms with Gasteiger partial charge in [-0.25, -0.2) is 12.8 Å². The molecule has 0 bridgehead atoms. The van der Waals surface area contributed by atoms with Crippen molar-refractivity contribution in [3.05, 3.63) is 65.5 Å². The molecule has 0 saturated carbocycles. The molecule has 4 rings (SSSR count). The standard InChI is InChI=1S/C24H30FN3O3S/c1-17(20-6-4-5-7-21(20)25)23-27-32(29,30)22(24(2,3)31-23)16-18-8-10-19(11-9-18)28-14-12-26-13-15-28/h4-11,17,22,26H,12-16H2,1-3H3/t17?,22-/m0/s1. The van der Waals surface area contributed by atoms with E-state index in [4.69, 9.17) is 4.74 Å². The molecule has 2 aromatic carbocycles. The van der Waals surface area contributed by atoms with Crippen molar-refractivity contribution in [1.82, 2.24) is 5.32 Å². The molecular weight excluding hydrogens is 429 g/mol. The van der Waals surface area contributed by atoms with Gasteiger partial charge in [0.2, 0.25) is 5.90 Å². The first kappa shape index (κ1) is 22.7. The molecule has 2 aliphatic rings. The number of benzene rings is 2. The van der Waals surface area contributed by atoms with Gasteiger partial charge < -0.3 is 15.0 Å². The van der Waals surface area contributed by atoms with Crippen LogP contribution in [0, 0.1) is 5.82 Å². The number of rotatable bonds is 5. The average molecular weight is 460 g/mol. The Hall–Kier alpha value is -2.45.